The van der Waals surface area contributed by atoms with Gasteiger partial charge in [0, 0.05) is 38.1 Å². The molecule has 1 saturated heterocycles. The topological polar surface area (TPSA) is 75.1 Å². The quantitative estimate of drug-likeness (QED) is 0.825. The minimum atomic E-state index is -0.0165. The summed E-state index contributed by atoms with van der Waals surface area (Å²) in [6.07, 6.45) is 2.63. The number of anilines is 1. The molecule has 0 aromatic carbocycles. The van der Waals surface area contributed by atoms with Crippen LogP contribution in [0.15, 0.2) is 12.3 Å². The van der Waals surface area contributed by atoms with Crippen LogP contribution >= 0.6 is 0 Å². The molecule has 0 saturated carbocycles. The van der Waals surface area contributed by atoms with Crippen molar-refractivity contribution in [2.45, 2.75) is 41.0 Å². The van der Waals surface area contributed by atoms with Gasteiger partial charge in [-0.15, -0.1) is 0 Å². The second-order valence-electron chi connectivity index (χ2n) is 7.59. The second-order valence-corrected chi connectivity index (χ2v) is 7.59. The third kappa shape index (κ3) is 4.59. The molecule has 0 radical (unpaired) electrons. The molecule has 1 aliphatic rings. The average Bonchev–Trinajstić information content (AvgIpc) is 2.62. The number of piperazine rings is 1. The molecule has 0 aliphatic carbocycles. The molecule has 27 heavy (non-hydrogen) atoms. The predicted octanol–water partition coefficient (Wildman–Crippen LogP) is 2.35. The second kappa shape index (κ2) is 7.98. The summed E-state index contributed by atoms with van der Waals surface area (Å²) >= 11 is 0. The number of aryl methyl sites for hydroxylation is 3. The van der Waals surface area contributed by atoms with Crippen LogP contribution in [0.2, 0.25) is 0 Å². The number of nitrogens with zero attached hydrogens (tertiary/aromatic N) is 6. The molecule has 3 heterocycles. The highest BCUT2D eigenvalue weighted by Gasteiger charge is 2.25. The fourth-order valence-corrected chi connectivity index (χ4v) is 3.37. The van der Waals surface area contributed by atoms with Crippen molar-refractivity contribution in [2.75, 3.05) is 31.1 Å². The van der Waals surface area contributed by atoms with E-state index >= 15 is 0 Å². The molecule has 7 nitrogen and oxygen atoms in total. The van der Waals surface area contributed by atoms with E-state index in [2.05, 4.69) is 38.7 Å². The first-order valence-corrected chi connectivity index (χ1v) is 9.52. The number of carbonyl (C=O) groups excluding carboxylic acids is 1. The minimum absolute atomic E-state index is 0.0165. The summed E-state index contributed by atoms with van der Waals surface area (Å²) in [5.74, 6) is 2.04. The van der Waals surface area contributed by atoms with Crippen LogP contribution in [0.5, 0.6) is 0 Å². The van der Waals surface area contributed by atoms with Crippen LogP contribution in [0, 0.1) is 26.7 Å². The molecule has 1 aliphatic heterocycles. The predicted molar refractivity (Wildman–Crippen MR) is 105 cm³/mol. The highest BCUT2D eigenvalue weighted by Crippen LogP contribution is 2.18. The van der Waals surface area contributed by atoms with Crippen molar-refractivity contribution in [3.63, 3.8) is 0 Å². The zero-order chi connectivity index (χ0) is 19.6. The number of carbonyl (C=O) groups is 1. The van der Waals surface area contributed by atoms with Crippen LogP contribution in [-0.4, -0.2) is 56.9 Å². The minimum Gasteiger partial charge on any atom is -0.352 e. The third-order valence-electron chi connectivity index (χ3n) is 4.64. The van der Waals surface area contributed by atoms with Crippen LogP contribution in [0.25, 0.3) is 0 Å². The van der Waals surface area contributed by atoms with Gasteiger partial charge in [-0.1, -0.05) is 13.8 Å². The smallest absolute Gasteiger partial charge is 0.272 e. The molecular formula is C20H28N6O. The fraction of sp³-hybridized carbons (Fsp3) is 0.550. The van der Waals surface area contributed by atoms with Crippen molar-refractivity contribution < 1.29 is 4.79 Å². The van der Waals surface area contributed by atoms with Crippen LogP contribution < -0.4 is 4.90 Å². The summed E-state index contributed by atoms with van der Waals surface area (Å²) in [5, 5.41) is 0. The molecule has 144 valence electrons. The first-order valence-electron chi connectivity index (χ1n) is 9.52. The van der Waals surface area contributed by atoms with Crippen LogP contribution in [0.4, 0.5) is 5.82 Å². The molecule has 0 atom stereocenters. The zero-order valence-corrected chi connectivity index (χ0v) is 16.9. The summed E-state index contributed by atoms with van der Waals surface area (Å²) in [5.41, 5.74) is 3.26. The Bertz CT molecular complexity index is 827. The third-order valence-corrected chi connectivity index (χ3v) is 4.64. The maximum Gasteiger partial charge on any atom is 0.272 e. The van der Waals surface area contributed by atoms with Gasteiger partial charge in [-0.3, -0.25) is 9.78 Å². The van der Waals surface area contributed by atoms with Gasteiger partial charge in [0.2, 0.25) is 0 Å². The molecule has 0 bridgehead atoms. The van der Waals surface area contributed by atoms with E-state index < -0.39 is 0 Å². The van der Waals surface area contributed by atoms with Gasteiger partial charge in [0.05, 0.1) is 11.4 Å². The number of aromatic nitrogens is 4. The van der Waals surface area contributed by atoms with Crippen molar-refractivity contribution >= 4 is 11.7 Å². The Morgan fingerprint density at radius 2 is 1.78 bits per heavy atom. The summed E-state index contributed by atoms with van der Waals surface area (Å²) in [4.78, 5) is 34.9. The molecule has 0 unspecified atom stereocenters. The summed E-state index contributed by atoms with van der Waals surface area (Å²) < 4.78 is 0. The van der Waals surface area contributed by atoms with Gasteiger partial charge < -0.3 is 9.80 Å². The van der Waals surface area contributed by atoms with Gasteiger partial charge in [-0.2, -0.15) is 0 Å². The molecular weight excluding hydrogens is 340 g/mol. The molecule has 3 rings (SSSR count). The van der Waals surface area contributed by atoms with Crippen molar-refractivity contribution in [1.82, 2.24) is 24.8 Å². The molecule has 7 heteroatoms. The molecule has 1 fully saturated rings. The van der Waals surface area contributed by atoms with E-state index in [0.29, 0.717) is 30.5 Å². The van der Waals surface area contributed by atoms with Crippen molar-refractivity contribution in [2.24, 2.45) is 5.92 Å². The van der Waals surface area contributed by atoms with Crippen molar-refractivity contribution in [3.8, 4) is 0 Å². The SMILES string of the molecule is Cc1cnc(C)c(N2CCN(C(=O)c3cc(CC(C)C)nc(C)n3)CC2)n1. The van der Waals surface area contributed by atoms with E-state index in [4.69, 9.17) is 0 Å². The lowest BCUT2D eigenvalue weighted by molar-refractivity contribution is 0.0740. The van der Waals surface area contributed by atoms with Gasteiger partial charge in [0.1, 0.15) is 17.3 Å². The maximum absolute atomic E-state index is 12.9. The summed E-state index contributed by atoms with van der Waals surface area (Å²) in [6, 6.07) is 1.85. The first-order chi connectivity index (χ1) is 12.8. The van der Waals surface area contributed by atoms with E-state index in [1.807, 2.05) is 31.7 Å². The number of hydrogen-bond donors (Lipinski definition) is 0. The number of amides is 1. The Morgan fingerprint density at radius 3 is 2.44 bits per heavy atom. The molecule has 2 aromatic heterocycles. The summed E-state index contributed by atoms with van der Waals surface area (Å²) in [7, 11) is 0. The lowest BCUT2D eigenvalue weighted by atomic mass is 10.1. The Morgan fingerprint density at radius 1 is 1.07 bits per heavy atom. The van der Waals surface area contributed by atoms with E-state index in [1.165, 1.54) is 0 Å². The largest absolute Gasteiger partial charge is 0.352 e. The Hall–Kier alpha value is -2.57. The average molecular weight is 368 g/mol. The van der Waals surface area contributed by atoms with E-state index in [0.717, 1.165) is 42.4 Å². The highest BCUT2D eigenvalue weighted by atomic mass is 16.2. The van der Waals surface area contributed by atoms with E-state index in [1.54, 1.807) is 6.20 Å². The van der Waals surface area contributed by atoms with Crippen molar-refractivity contribution in [3.05, 3.63) is 40.9 Å². The maximum atomic E-state index is 12.9. The number of hydrogen-bond acceptors (Lipinski definition) is 6. The van der Waals surface area contributed by atoms with Crippen LogP contribution in [0.1, 0.15) is 47.2 Å². The van der Waals surface area contributed by atoms with Gasteiger partial charge in [0.25, 0.3) is 5.91 Å². The normalized spacial score (nSPS) is 14.7. The highest BCUT2D eigenvalue weighted by molar-refractivity contribution is 5.92. The van der Waals surface area contributed by atoms with Gasteiger partial charge >= 0.3 is 0 Å². The Balaban J connectivity index is 1.70. The zero-order valence-electron chi connectivity index (χ0n) is 16.9. The number of rotatable bonds is 4. The molecule has 2 aromatic rings. The lowest BCUT2D eigenvalue weighted by Crippen LogP contribution is -2.49. The molecule has 0 N–H and O–H groups in total. The van der Waals surface area contributed by atoms with Gasteiger partial charge in [-0.25, -0.2) is 15.0 Å². The van der Waals surface area contributed by atoms with Crippen LogP contribution in [0.3, 0.4) is 0 Å². The van der Waals surface area contributed by atoms with E-state index in [9.17, 15) is 4.79 Å². The monoisotopic (exact) mass is 368 g/mol. The summed E-state index contributed by atoms with van der Waals surface area (Å²) in [6.45, 7) is 12.8. The molecule has 0 spiro atoms. The van der Waals surface area contributed by atoms with Crippen molar-refractivity contribution in [1.29, 1.82) is 0 Å². The molecule has 1 amide bonds. The Kier molecular flexibility index (Phi) is 5.68. The van der Waals surface area contributed by atoms with E-state index in [-0.39, 0.29) is 5.91 Å². The lowest BCUT2D eigenvalue weighted by Gasteiger charge is -2.35. The fourth-order valence-electron chi connectivity index (χ4n) is 3.37. The Labute approximate surface area is 160 Å². The standard InChI is InChI=1S/C20H28N6O/c1-13(2)10-17-11-18(24-16(5)23-17)20(27)26-8-6-25(7-9-26)19-15(4)21-12-14(3)22-19/h11-13H,6-10H2,1-5H3. The first kappa shape index (κ1) is 19.2. The van der Waals surface area contributed by atoms with Gasteiger partial charge in [0.15, 0.2) is 0 Å². The van der Waals surface area contributed by atoms with Crippen LogP contribution in [-0.2, 0) is 6.42 Å². The van der Waals surface area contributed by atoms with Gasteiger partial charge in [-0.05, 0) is 39.2 Å².